The molecule has 0 amide bonds. The number of hydrogen-bond donors (Lipinski definition) is 9. The van der Waals surface area contributed by atoms with Crippen molar-refractivity contribution in [3.8, 4) is 0 Å². The Balaban J connectivity index is 0.801. The topological polar surface area (TPSA) is 519 Å². The molecular formula is C55H85N15O23P4S2. The van der Waals surface area contributed by atoms with Crippen LogP contribution in [0.5, 0.6) is 0 Å². The predicted molar refractivity (Wildman–Crippen MR) is 355 cm³/mol. The van der Waals surface area contributed by atoms with Crippen LogP contribution in [-0.4, -0.2) is 208 Å². The van der Waals surface area contributed by atoms with Gasteiger partial charge in [0, 0.05) is 25.7 Å². The summed E-state index contributed by atoms with van der Waals surface area (Å²) >= 11 is 6.16. The number of fused-ring (bicyclic) bond motifs is 5. The first-order valence-electron chi connectivity index (χ1n) is 32.4. The van der Waals surface area contributed by atoms with Gasteiger partial charge in [-0.15, -0.1) is 0 Å². The number of imidazole rings is 3. The number of ether oxygens (including phenoxy) is 6. The van der Waals surface area contributed by atoms with E-state index < -0.39 is 141 Å². The number of carbonyl (C=O) groups excluding carboxylic acids is 1. The molecule has 0 saturated carbocycles. The maximum absolute atomic E-state index is 14.3. The van der Waals surface area contributed by atoms with E-state index in [1.54, 1.807) is 0 Å². The van der Waals surface area contributed by atoms with E-state index in [4.69, 9.17) is 94.2 Å². The van der Waals surface area contributed by atoms with Crippen molar-refractivity contribution in [2.45, 2.75) is 189 Å². The van der Waals surface area contributed by atoms with Gasteiger partial charge in [0.1, 0.15) is 96.6 Å². The number of phosphoric acid groups is 2. The summed E-state index contributed by atoms with van der Waals surface area (Å²) in [5.41, 5.74) is 17.2. The van der Waals surface area contributed by atoms with Crippen LogP contribution < -0.4 is 17.2 Å². The fourth-order valence-corrected chi connectivity index (χ4v) is 17.7. The van der Waals surface area contributed by atoms with Crippen molar-refractivity contribution in [2.24, 2.45) is 0 Å². The Morgan fingerprint density at radius 2 is 1.14 bits per heavy atom. The molecule has 2 bridgehead atoms. The van der Waals surface area contributed by atoms with Crippen LogP contribution >= 0.6 is 40.5 Å². The molecule has 4 fully saturated rings. The van der Waals surface area contributed by atoms with Gasteiger partial charge in [-0.1, -0.05) is 96.8 Å². The molecule has 12 N–H and O–H groups in total. The maximum atomic E-state index is 14.3. The number of anilines is 3. The largest absolute Gasteiger partial charge is 0.472 e. The molecule has 4 aliphatic rings. The molecule has 4 saturated heterocycles. The molecule has 10 heterocycles. The highest BCUT2D eigenvalue weighted by Crippen LogP contribution is 2.62. The Morgan fingerprint density at radius 1 is 0.636 bits per heavy atom. The lowest BCUT2D eigenvalue weighted by Gasteiger charge is -2.39. The van der Waals surface area contributed by atoms with Crippen LogP contribution in [0, 0.1) is 0 Å². The van der Waals surface area contributed by atoms with Gasteiger partial charge in [0.05, 0.1) is 58.6 Å². The van der Waals surface area contributed by atoms with Crippen molar-refractivity contribution >= 4 is 109 Å². The van der Waals surface area contributed by atoms with E-state index in [-0.39, 0.29) is 82.8 Å². The summed E-state index contributed by atoms with van der Waals surface area (Å²) in [5.74, 6) is -0.627. The Kier molecular flexibility index (Phi) is 27.1. The number of aromatic nitrogens is 12. The van der Waals surface area contributed by atoms with Gasteiger partial charge < -0.3 is 79.9 Å². The fourth-order valence-electron chi connectivity index (χ4n) is 12.2. The average molecular weight is 1510 g/mol. The summed E-state index contributed by atoms with van der Waals surface area (Å²) in [6.45, 7) is -11.1. The number of esters is 1. The summed E-state index contributed by atoms with van der Waals surface area (Å²) in [6.07, 6.45) is 8.34. The number of rotatable bonds is 42. The number of hydrogen-bond acceptors (Lipinski definition) is 33. The third-order valence-corrected chi connectivity index (χ3v) is 23.6. The monoisotopic (exact) mass is 1510 g/mol. The van der Waals surface area contributed by atoms with Crippen LogP contribution in [-0.2, 0) is 90.4 Å². The minimum Gasteiger partial charge on any atom is -0.465 e. The second-order valence-electron chi connectivity index (χ2n) is 23.9. The first-order chi connectivity index (χ1) is 47.5. The summed E-state index contributed by atoms with van der Waals surface area (Å²) in [5, 5.41) is 21.3. The number of aliphatic hydroxyl groups is 2. The molecule has 550 valence electrons. The SMILES string of the molecule is CCCCCCCCCCCCCCCCCC(=O)OCCSP(=O)(O)OC1[C@@H]2OCC[C@@]1(COP(O)(=S)O[C@H]1C(O)[C@@H](COP(=O)(O)O[C@H]3C(OC)[C@@H](COP(=O)(O)OCCO)O[C@H]3n3cnc4c(N)ncnc43)O[C@H]1n1cnc3c(N)ncnc31)O[C@H]2n1cnc2c(N)ncnc21. The zero-order valence-corrected chi connectivity index (χ0v) is 59.5. The maximum Gasteiger partial charge on any atom is 0.472 e. The highest BCUT2D eigenvalue weighted by atomic mass is 32.7. The number of unbranched alkanes of at least 4 members (excludes halogenated alkanes) is 14. The summed E-state index contributed by atoms with van der Waals surface area (Å²) in [4.78, 5) is 95.9. The average Bonchev–Trinajstić information content (AvgIpc) is 1.59. The van der Waals surface area contributed by atoms with Gasteiger partial charge in [-0.25, -0.2) is 58.6 Å². The van der Waals surface area contributed by atoms with Crippen LogP contribution in [0.25, 0.3) is 33.5 Å². The van der Waals surface area contributed by atoms with Crippen LogP contribution in [0.3, 0.4) is 0 Å². The fraction of sp³-hybridized carbons (Fsp3) is 0.709. The van der Waals surface area contributed by atoms with Crippen molar-refractivity contribution in [2.75, 3.05) is 76.3 Å². The quantitative estimate of drug-likeness (QED) is 0.0125. The molecular weight excluding hydrogens is 1430 g/mol. The van der Waals surface area contributed by atoms with E-state index in [1.165, 1.54) is 117 Å². The lowest BCUT2D eigenvalue weighted by atomic mass is 9.90. The molecule has 44 heteroatoms. The van der Waals surface area contributed by atoms with E-state index in [0.717, 1.165) is 31.9 Å². The predicted octanol–water partition coefficient (Wildman–Crippen LogP) is 5.75. The Labute approximate surface area is 577 Å². The van der Waals surface area contributed by atoms with Crippen molar-refractivity contribution in [3.05, 3.63) is 38.0 Å². The minimum atomic E-state index is -5.42. The van der Waals surface area contributed by atoms with Gasteiger partial charge >= 0.3 is 35.1 Å². The van der Waals surface area contributed by atoms with Crippen molar-refractivity contribution < 1.29 is 108 Å². The zero-order chi connectivity index (χ0) is 70.5. The van der Waals surface area contributed by atoms with E-state index in [1.807, 2.05) is 0 Å². The summed E-state index contributed by atoms with van der Waals surface area (Å²) in [6, 6.07) is 0. The van der Waals surface area contributed by atoms with Crippen molar-refractivity contribution in [1.82, 2.24) is 58.6 Å². The number of nitrogens with zero attached hydrogens (tertiary/aromatic N) is 12. The van der Waals surface area contributed by atoms with Crippen LogP contribution in [0.1, 0.15) is 135 Å². The molecule has 0 radical (unpaired) electrons. The molecule has 99 heavy (non-hydrogen) atoms. The number of nitrogen functional groups attached to an aromatic ring is 3. The van der Waals surface area contributed by atoms with Gasteiger partial charge in [-0.2, -0.15) is 0 Å². The van der Waals surface area contributed by atoms with Crippen LogP contribution in [0.4, 0.5) is 17.5 Å². The normalized spacial score (nSPS) is 27.2. The number of phosphoric ester groups is 2. The standard InChI is InChI=1S/C55H85N15O23P4S2/c1-3-4-5-6-7-8-9-10-11-12-13-14-15-16-17-18-36(72)82-23-24-99-96(78,79)93-45-44-54(70-33-67-39-48(58)61-30-64-51(39)70)90-55(45,19-21-83-44)27-87-97(80,98)92-42-40(73)34(88-52(42)68-31-65-37-46(56)59-28-62-49(37)68)25-86-95(76,77)91-43-41(81-2)35(26-85-94(74,75)84-22-20-71)89-53(43)69-32-66-38-47(57)60-29-63-50(38)69/h28-35,40-45,52-54,71,73H,3-27H2,1-2H3,(H,74,75)(H,76,77)(H,78,79)(H,80,98)(H2,56,59,62)(H2,57,60,63)(H2,58,61,64)/t34-,35-,40?,41?,42+,43+,44+,45?,52-,53-,54-,55+,97?/m1/s1. The van der Waals surface area contributed by atoms with Gasteiger partial charge in [0.25, 0.3) is 0 Å². The van der Waals surface area contributed by atoms with Gasteiger partial charge in [-0.3, -0.25) is 45.6 Å². The van der Waals surface area contributed by atoms with Crippen molar-refractivity contribution in [3.63, 3.8) is 0 Å². The second kappa shape index (κ2) is 34.8. The number of aliphatic hydroxyl groups excluding tert-OH is 2. The minimum absolute atomic E-state index is 0.0302. The molecule has 0 aromatic carbocycles. The molecule has 4 aliphatic heterocycles. The third-order valence-electron chi connectivity index (χ3n) is 17.1. The van der Waals surface area contributed by atoms with Crippen LogP contribution in [0.15, 0.2) is 38.0 Å². The Bertz CT molecular complexity index is 3850. The first-order valence-corrected chi connectivity index (χ1v) is 41.2. The number of methoxy groups -OCH3 is 1. The van der Waals surface area contributed by atoms with Crippen molar-refractivity contribution in [1.29, 1.82) is 0 Å². The summed E-state index contributed by atoms with van der Waals surface area (Å²) in [7, 11) is -9.04. The lowest BCUT2D eigenvalue weighted by Crippen LogP contribution is -2.52. The van der Waals surface area contributed by atoms with Crippen LogP contribution in [0.2, 0.25) is 0 Å². The van der Waals surface area contributed by atoms with Gasteiger partial charge in [-0.05, 0) is 29.6 Å². The van der Waals surface area contributed by atoms with E-state index >= 15 is 0 Å². The Hall–Kier alpha value is -4.51. The smallest absolute Gasteiger partial charge is 0.465 e. The molecule has 0 aliphatic carbocycles. The third kappa shape index (κ3) is 19.5. The number of nitrogens with two attached hydrogens (primary N) is 3. The second-order valence-corrected chi connectivity index (χ2v) is 33.6. The number of carbonyl (C=O) groups is 1. The molecule has 38 nitrogen and oxygen atoms in total. The highest BCUT2D eigenvalue weighted by molar-refractivity contribution is 8.54. The lowest BCUT2D eigenvalue weighted by molar-refractivity contribution is -0.143. The van der Waals surface area contributed by atoms with Gasteiger partial charge in [0.2, 0.25) is 0 Å². The summed E-state index contributed by atoms with van der Waals surface area (Å²) < 4.78 is 121. The molecule has 7 unspecified atom stereocenters. The molecule has 0 spiro atoms. The molecule has 6 aromatic heterocycles. The van der Waals surface area contributed by atoms with E-state index in [0.29, 0.717) is 17.8 Å². The van der Waals surface area contributed by atoms with Gasteiger partial charge in [0.15, 0.2) is 53.1 Å². The Morgan fingerprint density at radius 3 is 1.69 bits per heavy atom. The molecule has 16 atom stereocenters. The zero-order valence-electron chi connectivity index (χ0n) is 54.3. The first kappa shape index (κ1) is 77.1. The highest BCUT2D eigenvalue weighted by Gasteiger charge is 2.63. The van der Waals surface area contributed by atoms with E-state index in [9.17, 15) is 43.2 Å². The molecule has 6 aromatic rings. The van der Waals surface area contributed by atoms with E-state index in [2.05, 4.69) is 51.8 Å². The molecule has 10 rings (SSSR count).